The van der Waals surface area contributed by atoms with Crippen LogP contribution in [0.5, 0.6) is 0 Å². The van der Waals surface area contributed by atoms with E-state index < -0.39 is 0 Å². The third-order valence-electron chi connectivity index (χ3n) is 2.13. The highest BCUT2D eigenvalue weighted by molar-refractivity contribution is 6.42. The lowest BCUT2D eigenvalue weighted by atomic mass is 10.3. The summed E-state index contributed by atoms with van der Waals surface area (Å²) in [6.45, 7) is 0.639. The lowest BCUT2D eigenvalue weighted by Crippen LogP contribution is -2.11. The third-order valence-corrected chi connectivity index (χ3v) is 2.87. The summed E-state index contributed by atoms with van der Waals surface area (Å²) < 4.78 is 1.86. The molecule has 0 amide bonds. The fourth-order valence-corrected chi connectivity index (χ4v) is 1.68. The molecule has 0 spiro atoms. The summed E-state index contributed by atoms with van der Waals surface area (Å²) in [5.74, 6) is 0.820. The zero-order valence-corrected chi connectivity index (χ0v) is 10.1. The molecule has 2 aromatic rings. The molecular formula is C10H10Cl2N4. The lowest BCUT2D eigenvalue weighted by molar-refractivity contribution is 0.737. The minimum atomic E-state index is 0.517. The largest absolute Gasteiger partial charge is 0.313 e. The van der Waals surface area contributed by atoms with Gasteiger partial charge in [0.1, 0.15) is 6.33 Å². The van der Waals surface area contributed by atoms with Crippen LogP contribution in [0.2, 0.25) is 10.0 Å². The molecule has 0 saturated heterocycles. The van der Waals surface area contributed by atoms with Crippen LogP contribution in [-0.2, 0) is 6.54 Å². The predicted molar refractivity (Wildman–Crippen MR) is 64.1 cm³/mol. The number of hydrogen-bond acceptors (Lipinski definition) is 3. The molecule has 6 heteroatoms. The van der Waals surface area contributed by atoms with Crippen LogP contribution in [0.15, 0.2) is 24.5 Å². The van der Waals surface area contributed by atoms with Gasteiger partial charge in [0.15, 0.2) is 5.82 Å². The summed E-state index contributed by atoms with van der Waals surface area (Å²) in [5.41, 5.74) is 0.893. The van der Waals surface area contributed by atoms with Gasteiger partial charge in [-0.25, -0.2) is 0 Å². The summed E-state index contributed by atoms with van der Waals surface area (Å²) in [6, 6.07) is 5.41. The highest BCUT2D eigenvalue weighted by Gasteiger charge is 2.06. The van der Waals surface area contributed by atoms with E-state index in [2.05, 4.69) is 15.5 Å². The summed E-state index contributed by atoms with van der Waals surface area (Å²) in [6.07, 6.45) is 1.65. The molecule has 84 valence electrons. The van der Waals surface area contributed by atoms with Gasteiger partial charge in [-0.05, 0) is 25.2 Å². The smallest absolute Gasteiger partial charge is 0.151 e. The van der Waals surface area contributed by atoms with Crippen molar-refractivity contribution in [1.82, 2.24) is 20.1 Å². The maximum absolute atomic E-state index is 5.96. The minimum Gasteiger partial charge on any atom is -0.313 e. The predicted octanol–water partition coefficient (Wildman–Crippen LogP) is 2.29. The van der Waals surface area contributed by atoms with E-state index in [0.29, 0.717) is 16.6 Å². The summed E-state index contributed by atoms with van der Waals surface area (Å²) in [7, 11) is 1.86. The van der Waals surface area contributed by atoms with Crippen molar-refractivity contribution in [1.29, 1.82) is 0 Å². The van der Waals surface area contributed by atoms with Gasteiger partial charge in [-0.2, -0.15) is 0 Å². The second-order valence-electron chi connectivity index (χ2n) is 3.25. The number of aromatic nitrogens is 3. The molecule has 2 rings (SSSR count). The average molecular weight is 257 g/mol. The highest BCUT2D eigenvalue weighted by atomic mass is 35.5. The van der Waals surface area contributed by atoms with Crippen LogP contribution in [-0.4, -0.2) is 21.8 Å². The molecule has 0 unspecified atom stereocenters. The Morgan fingerprint density at radius 1 is 1.31 bits per heavy atom. The molecule has 0 aliphatic rings. The van der Waals surface area contributed by atoms with Gasteiger partial charge in [0.2, 0.25) is 0 Å². The van der Waals surface area contributed by atoms with Crippen LogP contribution in [0.25, 0.3) is 5.69 Å². The van der Waals surface area contributed by atoms with E-state index in [1.165, 1.54) is 0 Å². The quantitative estimate of drug-likeness (QED) is 0.917. The Labute approximate surface area is 103 Å². The molecule has 0 aliphatic heterocycles. The molecular weight excluding hydrogens is 247 g/mol. The number of benzene rings is 1. The molecule has 1 N–H and O–H groups in total. The second kappa shape index (κ2) is 4.82. The van der Waals surface area contributed by atoms with Crippen molar-refractivity contribution in [3.05, 3.63) is 40.4 Å². The first-order chi connectivity index (χ1) is 7.72. The molecule has 0 fully saturated rings. The topological polar surface area (TPSA) is 42.7 Å². The van der Waals surface area contributed by atoms with E-state index in [1.807, 2.05) is 17.7 Å². The highest BCUT2D eigenvalue weighted by Crippen LogP contribution is 2.24. The lowest BCUT2D eigenvalue weighted by Gasteiger charge is -2.07. The van der Waals surface area contributed by atoms with Gasteiger partial charge in [0, 0.05) is 5.69 Å². The first-order valence-corrected chi connectivity index (χ1v) is 5.47. The zero-order valence-electron chi connectivity index (χ0n) is 8.61. The fraction of sp³-hybridized carbons (Fsp3) is 0.200. The first kappa shape index (κ1) is 11.4. The van der Waals surface area contributed by atoms with Gasteiger partial charge in [-0.3, -0.25) is 4.57 Å². The molecule has 0 radical (unpaired) electrons. The molecule has 0 saturated carbocycles. The van der Waals surface area contributed by atoms with E-state index in [4.69, 9.17) is 23.2 Å². The average Bonchev–Trinajstić information content (AvgIpc) is 2.71. The Morgan fingerprint density at radius 2 is 2.12 bits per heavy atom. The maximum atomic E-state index is 5.96. The number of rotatable bonds is 3. The van der Waals surface area contributed by atoms with E-state index >= 15 is 0 Å². The molecule has 4 nitrogen and oxygen atoms in total. The minimum absolute atomic E-state index is 0.517. The molecule has 16 heavy (non-hydrogen) atoms. The molecule has 1 heterocycles. The molecule has 0 aliphatic carbocycles. The van der Waals surface area contributed by atoms with Gasteiger partial charge >= 0.3 is 0 Å². The molecule has 1 aromatic heterocycles. The van der Waals surface area contributed by atoms with Gasteiger partial charge in [0.05, 0.1) is 16.6 Å². The number of nitrogens with one attached hydrogen (secondary N) is 1. The Hall–Kier alpha value is -1.10. The monoisotopic (exact) mass is 256 g/mol. The van der Waals surface area contributed by atoms with Crippen LogP contribution < -0.4 is 5.32 Å². The Morgan fingerprint density at radius 3 is 2.81 bits per heavy atom. The Bertz CT molecular complexity index is 495. The van der Waals surface area contributed by atoms with E-state index in [9.17, 15) is 0 Å². The second-order valence-corrected chi connectivity index (χ2v) is 4.06. The van der Waals surface area contributed by atoms with E-state index in [-0.39, 0.29) is 0 Å². The summed E-state index contributed by atoms with van der Waals surface area (Å²) in [4.78, 5) is 0. The molecule has 0 atom stereocenters. The van der Waals surface area contributed by atoms with E-state index in [0.717, 1.165) is 11.5 Å². The molecule has 0 bridgehead atoms. The van der Waals surface area contributed by atoms with Crippen molar-refractivity contribution < 1.29 is 0 Å². The van der Waals surface area contributed by atoms with Crippen LogP contribution in [0.1, 0.15) is 5.82 Å². The van der Waals surface area contributed by atoms with Crippen molar-refractivity contribution >= 4 is 23.2 Å². The van der Waals surface area contributed by atoms with Crippen molar-refractivity contribution in [2.24, 2.45) is 0 Å². The van der Waals surface area contributed by atoms with Gasteiger partial charge in [-0.15, -0.1) is 10.2 Å². The number of halogens is 2. The van der Waals surface area contributed by atoms with Crippen molar-refractivity contribution in [3.8, 4) is 5.69 Å². The van der Waals surface area contributed by atoms with Crippen molar-refractivity contribution in [2.75, 3.05) is 7.05 Å². The third kappa shape index (κ3) is 2.19. The van der Waals surface area contributed by atoms with Crippen LogP contribution in [0, 0.1) is 0 Å². The normalized spacial score (nSPS) is 10.7. The summed E-state index contributed by atoms with van der Waals surface area (Å²) in [5, 5.41) is 12.0. The number of hydrogen-bond donors (Lipinski definition) is 1. The molecule has 1 aromatic carbocycles. The zero-order chi connectivity index (χ0) is 11.5. The van der Waals surface area contributed by atoms with E-state index in [1.54, 1.807) is 18.5 Å². The van der Waals surface area contributed by atoms with Crippen molar-refractivity contribution in [2.45, 2.75) is 6.54 Å². The SMILES string of the molecule is CNCc1nncn1-c1ccc(Cl)c(Cl)c1. The van der Waals surface area contributed by atoms with Crippen molar-refractivity contribution in [3.63, 3.8) is 0 Å². The number of nitrogens with zero attached hydrogens (tertiary/aromatic N) is 3. The van der Waals surface area contributed by atoms with Gasteiger partial charge in [-0.1, -0.05) is 23.2 Å². The van der Waals surface area contributed by atoms with Crippen LogP contribution in [0.3, 0.4) is 0 Å². The Kier molecular flexibility index (Phi) is 3.43. The van der Waals surface area contributed by atoms with Gasteiger partial charge < -0.3 is 5.32 Å². The fourth-order valence-electron chi connectivity index (χ4n) is 1.39. The Balaban J connectivity index is 2.42. The standard InChI is InChI=1S/C10H10Cl2N4/c1-13-5-10-15-14-6-16(10)7-2-3-8(11)9(12)4-7/h2-4,6,13H,5H2,1H3. The van der Waals surface area contributed by atoms with Crippen LogP contribution in [0.4, 0.5) is 0 Å². The van der Waals surface area contributed by atoms with Crippen LogP contribution >= 0.6 is 23.2 Å². The summed E-state index contributed by atoms with van der Waals surface area (Å²) >= 11 is 11.8. The van der Waals surface area contributed by atoms with Gasteiger partial charge in [0.25, 0.3) is 0 Å². The first-order valence-electron chi connectivity index (χ1n) is 4.71. The maximum Gasteiger partial charge on any atom is 0.151 e.